The molecule has 0 bridgehead atoms. The molecule has 0 fully saturated rings. The Morgan fingerprint density at radius 1 is 1.38 bits per heavy atom. The van der Waals surface area contributed by atoms with Gasteiger partial charge in [0.15, 0.2) is 5.78 Å². The Bertz CT molecular complexity index is 354. The Hall–Kier alpha value is -0.830. The van der Waals surface area contributed by atoms with Crippen LogP contribution in [0.25, 0.3) is 0 Å². The molecule has 1 aliphatic rings. The van der Waals surface area contributed by atoms with Gasteiger partial charge >= 0.3 is 0 Å². The van der Waals surface area contributed by atoms with Gasteiger partial charge in [0.05, 0.1) is 10.6 Å². The van der Waals surface area contributed by atoms with Gasteiger partial charge in [0.1, 0.15) is 0 Å². The lowest BCUT2D eigenvalue weighted by molar-refractivity contribution is 0.102. The fourth-order valence-electron chi connectivity index (χ4n) is 1.85. The zero-order valence-electron chi connectivity index (χ0n) is 7.72. The Morgan fingerprint density at radius 3 is 2.69 bits per heavy atom. The van der Waals surface area contributed by atoms with E-state index in [1.165, 1.54) is 23.3 Å². The Morgan fingerprint density at radius 2 is 2.08 bits per heavy atom. The summed E-state index contributed by atoms with van der Waals surface area (Å²) in [5, 5.41) is 0. The maximum atomic E-state index is 11.2. The van der Waals surface area contributed by atoms with Crippen LogP contribution in [0.1, 0.15) is 39.9 Å². The number of anilines is 1. The van der Waals surface area contributed by atoms with Crippen LogP contribution >= 0.6 is 11.3 Å². The van der Waals surface area contributed by atoms with Gasteiger partial charge in [-0.3, -0.25) is 4.79 Å². The largest absolute Gasteiger partial charge is 0.397 e. The summed E-state index contributed by atoms with van der Waals surface area (Å²) in [6.07, 6.45) is 4.62. The highest BCUT2D eigenvalue weighted by atomic mass is 32.1. The number of nitrogens with two attached hydrogens (primary N) is 1. The molecule has 2 N–H and O–H groups in total. The number of hydrogen-bond donors (Lipinski definition) is 1. The number of carbonyl (C=O) groups excluding carboxylic acids is 1. The van der Waals surface area contributed by atoms with Crippen molar-refractivity contribution in [3.63, 3.8) is 0 Å². The molecule has 13 heavy (non-hydrogen) atoms. The molecule has 0 aliphatic heterocycles. The molecule has 0 radical (unpaired) electrons. The first-order valence-electron chi connectivity index (χ1n) is 4.61. The van der Waals surface area contributed by atoms with E-state index in [4.69, 9.17) is 5.73 Å². The predicted octanol–water partition coefficient (Wildman–Crippen LogP) is 2.41. The molecule has 1 aromatic rings. The van der Waals surface area contributed by atoms with E-state index in [1.807, 2.05) is 0 Å². The first kappa shape index (κ1) is 8.75. The van der Waals surface area contributed by atoms with Gasteiger partial charge < -0.3 is 5.73 Å². The molecular formula is C10H13NOS. The minimum Gasteiger partial charge on any atom is -0.397 e. The van der Waals surface area contributed by atoms with Crippen LogP contribution < -0.4 is 5.73 Å². The third-order valence-corrected chi connectivity index (χ3v) is 3.94. The fourth-order valence-corrected chi connectivity index (χ4v) is 3.06. The lowest BCUT2D eigenvalue weighted by atomic mass is 9.97. The van der Waals surface area contributed by atoms with Crippen LogP contribution in [0.5, 0.6) is 0 Å². The zero-order valence-corrected chi connectivity index (χ0v) is 8.54. The van der Waals surface area contributed by atoms with E-state index in [0.717, 1.165) is 23.4 Å². The van der Waals surface area contributed by atoms with Crippen molar-refractivity contribution in [2.24, 2.45) is 0 Å². The third-order valence-electron chi connectivity index (χ3n) is 2.53. The summed E-state index contributed by atoms with van der Waals surface area (Å²) in [4.78, 5) is 13.3. The second-order valence-electron chi connectivity index (χ2n) is 3.51. The third kappa shape index (κ3) is 1.37. The smallest absolute Gasteiger partial charge is 0.171 e. The highest BCUT2D eigenvalue weighted by Crippen LogP contribution is 2.36. The number of ketones is 1. The van der Waals surface area contributed by atoms with Gasteiger partial charge in [-0.15, -0.1) is 11.3 Å². The number of hydrogen-bond acceptors (Lipinski definition) is 3. The number of carbonyl (C=O) groups is 1. The topological polar surface area (TPSA) is 43.1 Å². The molecule has 0 saturated heterocycles. The van der Waals surface area contributed by atoms with E-state index in [9.17, 15) is 4.79 Å². The van der Waals surface area contributed by atoms with Crippen LogP contribution in [0.3, 0.4) is 0 Å². The van der Waals surface area contributed by atoms with Crippen molar-refractivity contribution in [1.29, 1.82) is 0 Å². The van der Waals surface area contributed by atoms with E-state index in [0.29, 0.717) is 0 Å². The normalized spacial score (nSPS) is 15.5. The van der Waals surface area contributed by atoms with Crippen LogP contribution in [0.4, 0.5) is 5.69 Å². The molecule has 1 heterocycles. The summed E-state index contributed by atoms with van der Waals surface area (Å²) in [5.41, 5.74) is 7.92. The first-order valence-corrected chi connectivity index (χ1v) is 5.42. The lowest BCUT2D eigenvalue weighted by Gasteiger charge is -2.10. The van der Waals surface area contributed by atoms with Gasteiger partial charge in [0.25, 0.3) is 0 Å². The van der Waals surface area contributed by atoms with E-state index in [1.54, 1.807) is 18.3 Å². The molecule has 1 aromatic heterocycles. The van der Waals surface area contributed by atoms with Crippen LogP contribution in [-0.4, -0.2) is 5.78 Å². The Kier molecular flexibility index (Phi) is 2.12. The molecule has 0 spiro atoms. The molecule has 0 aromatic carbocycles. The van der Waals surface area contributed by atoms with E-state index < -0.39 is 0 Å². The van der Waals surface area contributed by atoms with Crippen LogP contribution in [-0.2, 0) is 12.8 Å². The Balaban J connectivity index is 2.50. The van der Waals surface area contributed by atoms with E-state index >= 15 is 0 Å². The van der Waals surface area contributed by atoms with Gasteiger partial charge in [0.2, 0.25) is 0 Å². The highest BCUT2D eigenvalue weighted by molar-refractivity contribution is 7.14. The number of thiophene rings is 1. The summed E-state index contributed by atoms with van der Waals surface area (Å²) in [5.74, 6) is 0.108. The number of rotatable bonds is 1. The average Bonchev–Trinajstić information content (AvgIpc) is 2.45. The molecule has 3 heteroatoms. The second-order valence-corrected chi connectivity index (χ2v) is 4.62. The molecule has 2 nitrogen and oxygen atoms in total. The summed E-state index contributed by atoms with van der Waals surface area (Å²) in [6, 6.07) is 0. The van der Waals surface area contributed by atoms with Crippen molar-refractivity contribution >= 4 is 22.8 Å². The van der Waals surface area contributed by atoms with E-state index in [2.05, 4.69) is 0 Å². The maximum absolute atomic E-state index is 11.2. The summed E-state index contributed by atoms with van der Waals surface area (Å²) in [7, 11) is 0. The molecule has 0 saturated carbocycles. The van der Waals surface area contributed by atoms with Gasteiger partial charge in [-0.1, -0.05) is 0 Å². The van der Waals surface area contributed by atoms with Crippen molar-refractivity contribution in [3.8, 4) is 0 Å². The van der Waals surface area contributed by atoms with Gasteiger partial charge in [0, 0.05) is 11.8 Å². The van der Waals surface area contributed by atoms with Gasteiger partial charge in [-0.05, 0) is 31.2 Å². The zero-order chi connectivity index (χ0) is 9.42. The monoisotopic (exact) mass is 195 g/mol. The molecule has 0 amide bonds. The van der Waals surface area contributed by atoms with Crippen molar-refractivity contribution in [1.82, 2.24) is 0 Å². The molecule has 70 valence electrons. The minimum atomic E-state index is 0.108. The van der Waals surface area contributed by atoms with E-state index in [-0.39, 0.29) is 5.78 Å². The number of Topliss-reactive ketones (excluding diaryl/α,β-unsaturated/α-hetero) is 1. The van der Waals surface area contributed by atoms with Crippen LogP contribution in [0, 0.1) is 0 Å². The van der Waals surface area contributed by atoms with Crippen molar-refractivity contribution in [2.75, 3.05) is 5.73 Å². The molecule has 2 rings (SSSR count). The summed E-state index contributed by atoms with van der Waals surface area (Å²) < 4.78 is 0. The van der Waals surface area contributed by atoms with Crippen molar-refractivity contribution < 1.29 is 4.79 Å². The number of nitrogen functional groups attached to an aromatic ring is 1. The summed E-state index contributed by atoms with van der Waals surface area (Å²) >= 11 is 1.60. The molecule has 0 atom stereocenters. The van der Waals surface area contributed by atoms with Crippen LogP contribution in [0.2, 0.25) is 0 Å². The molecule has 1 aliphatic carbocycles. The minimum absolute atomic E-state index is 0.108. The molecule has 0 unspecified atom stereocenters. The maximum Gasteiger partial charge on any atom is 0.171 e. The number of fused-ring (bicyclic) bond motifs is 1. The quantitative estimate of drug-likeness (QED) is 0.699. The first-order chi connectivity index (χ1) is 6.20. The average molecular weight is 195 g/mol. The van der Waals surface area contributed by atoms with Gasteiger partial charge in [-0.25, -0.2) is 0 Å². The lowest BCUT2D eigenvalue weighted by Crippen LogP contribution is -2.02. The van der Waals surface area contributed by atoms with Gasteiger partial charge in [-0.2, -0.15) is 0 Å². The Labute approximate surface area is 81.8 Å². The number of aryl methyl sites for hydroxylation is 1. The second kappa shape index (κ2) is 3.14. The standard InChI is InChI=1S/C10H13NOS/c1-6(12)10-9(11)7-4-2-3-5-8(7)13-10/h2-5,11H2,1H3. The predicted molar refractivity (Wildman–Crippen MR) is 55.4 cm³/mol. The van der Waals surface area contributed by atoms with Crippen molar-refractivity contribution in [2.45, 2.75) is 32.6 Å². The highest BCUT2D eigenvalue weighted by Gasteiger charge is 2.20. The van der Waals surface area contributed by atoms with Crippen LogP contribution in [0.15, 0.2) is 0 Å². The molecular weight excluding hydrogens is 182 g/mol. The SMILES string of the molecule is CC(=O)c1sc2c(c1N)CCCC2. The summed E-state index contributed by atoms with van der Waals surface area (Å²) in [6.45, 7) is 1.59. The van der Waals surface area contributed by atoms with Crippen molar-refractivity contribution in [3.05, 3.63) is 15.3 Å². The fraction of sp³-hybridized carbons (Fsp3) is 0.500.